The molecule has 0 spiro atoms. The Morgan fingerprint density at radius 1 is 1.60 bits per heavy atom. The molecule has 1 atom stereocenters. The molecule has 4 nitrogen and oxygen atoms in total. The maximum atomic E-state index is 10.9. The molecule has 7 heteroatoms. The van der Waals surface area contributed by atoms with Crippen LogP contribution in [0.2, 0.25) is 0 Å². The first-order valence-corrected chi connectivity index (χ1v) is 4.83. The van der Waals surface area contributed by atoms with Gasteiger partial charge >= 0.3 is 0 Å². The van der Waals surface area contributed by atoms with E-state index in [0.717, 1.165) is 0 Å². The van der Waals surface area contributed by atoms with Gasteiger partial charge in [0.1, 0.15) is 5.25 Å². The second kappa shape index (κ2) is 2.78. The van der Waals surface area contributed by atoms with E-state index in [2.05, 4.69) is 9.39 Å². The Hall–Kier alpha value is 0.365. The SMILES string of the molecule is [B]NS(=O)(=O)C1CN(P)C1. The van der Waals surface area contributed by atoms with E-state index in [0.29, 0.717) is 13.1 Å². The van der Waals surface area contributed by atoms with Gasteiger partial charge in [0, 0.05) is 13.1 Å². The van der Waals surface area contributed by atoms with Gasteiger partial charge in [-0.3, -0.25) is 9.30 Å². The van der Waals surface area contributed by atoms with E-state index in [1.165, 1.54) is 0 Å². The molecule has 1 heterocycles. The lowest BCUT2D eigenvalue weighted by molar-refractivity contribution is 0.340. The second-order valence-corrected chi connectivity index (χ2v) is 4.96. The van der Waals surface area contributed by atoms with Gasteiger partial charge in [0.05, 0.1) is 0 Å². The summed E-state index contributed by atoms with van der Waals surface area (Å²) in [6.45, 7) is 1.08. The summed E-state index contributed by atoms with van der Waals surface area (Å²) in [6, 6.07) is 0. The van der Waals surface area contributed by atoms with Crippen LogP contribution in [-0.4, -0.2) is 39.4 Å². The Labute approximate surface area is 64.1 Å². The lowest BCUT2D eigenvalue weighted by Crippen LogP contribution is -2.52. The van der Waals surface area contributed by atoms with Crippen LogP contribution in [0, 0.1) is 0 Å². The van der Waals surface area contributed by atoms with Crippen molar-refractivity contribution in [3.05, 3.63) is 0 Å². The normalized spacial score (nSPS) is 22.5. The van der Waals surface area contributed by atoms with Gasteiger partial charge in [-0.15, -0.1) is 0 Å². The smallest absolute Gasteiger partial charge is 0.206 e. The van der Waals surface area contributed by atoms with Crippen LogP contribution in [-0.2, 0) is 10.0 Å². The van der Waals surface area contributed by atoms with Crippen LogP contribution in [0.4, 0.5) is 0 Å². The van der Waals surface area contributed by atoms with Gasteiger partial charge in [-0.25, -0.2) is 8.42 Å². The molecule has 0 aromatic carbocycles. The summed E-state index contributed by atoms with van der Waals surface area (Å²) in [5.41, 5.74) is 0. The van der Waals surface area contributed by atoms with Gasteiger partial charge in [-0.2, -0.15) is 0 Å². The first kappa shape index (κ1) is 8.46. The molecule has 1 fully saturated rings. The van der Waals surface area contributed by atoms with Crippen molar-refractivity contribution in [2.45, 2.75) is 5.25 Å². The molecular weight excluding hydrogens is 170 g/mol. The topological polar surface area (TPSA) is 49.4 Å². The molecule has 0 bridgehead atoms. The highest BCUT2D eigenvalue weighted by atomic mass is 32.2. The molecule has 0 saturated carbocycles. The zero-order valence-electron chi connectivity index (χ0n) is 5.32. The first-order chi connectivity index (χ1) is 4.56. The molecule has 1 saturated heterocycles. The van der Waals surface area contributed by atoms with Crippen LogP contribution >= 0.6 is 9.39 Å². The van der Waals surface area contributed by atoms with Gasteiger partial charge in [0.15, 0.2) is 0 Å². The zero-order valence-corrected chi connectivity index (χ0v) is 7.29. The Bertz CT molecular complexity index is 213. The number of nitrogens with one attached hydrogen (secondary N) is 1. The molecule has 10 heavy (non-hydrogen) atoms. The molecular formula is C3H8BN2O2PS. The van der Waals surface area contributed by atoms with Crippen molar-refractivity contribution < 1.29 is 8.42 Å². The monoisotopic (exact) mass is 178 g/mol. The van der Waals surface area contributed by atoms with Crippen molar-refractivity contribution in [2.24, 2.45) is 0 Å². The van der Waals surface area contributed by atoms with E-state index < -0.39 is 10.0 Å². The number of sulfonamides is 1. The molecule has 1 rings (SSSR count). The van der Waals surface area contributed by atoms with Gasteiger partial charge < -0.3 is 0 Å². The number of hydrogen-bond acceptors (Lipinski definition) is 3. The minimum absolute atomic E-state index is 0.338. The van der Waals surface area contributed by atoms with E-state index in [1.54, 1.807) is 4.63 Å². The van der Waals surface area contributed by atoms with Gasteiger partial charge in [0.25, 0.3) is 0 Å². The summed E-state index contributed by atoms with van der Waals surface area (Å²) in [6.07, 6.45) is 0. The molecule has 0 aromatic rings. The summed E-state index contributed by atoms with van der Waals surface area (Å²) in [4.78, 5) is 0. The summed E-state index contributed by atoms with van der Waals surface area (Å²) < 4.78 is 25.3. The van der Waals surface area contributed by atoms with Crippen LogP contribution in [0.25, 0.3) is 0 Å². The van der Waals surface area contributed by atoms with E-state index in [4.69, 9.17) is 7.98 Å². The molecule has 56 valence electrons. The maximum absolute atomic E-state index is 10.9. The molecule has 1 unspecified atom stereocenters. The maximum Gasteiger partial charge on any atom is 0.206 e. The summed E-state index contributed by atoms with van der Waals surface area (Å²) >= 11 is 0. The fourth-order valence-corrected chi connectivity index (χ4v) is 2.54. The third-order valence-corrected chi connectivity index (χ3v) is 3.41. The average molecular weight is 178 g/mol. The van der Waals surface area contributed by atoms with Gasteiger partial charge in [0.2, 0.25) is 18.0 Å². The fraction of sp³-hybridized carbons (Fsp3) is 1.00. The van der Waals surface area contributed by atoms with E-state index >= 15 is 0 Å². The minimum Gasteiger partial charge on any atom is -0.285 e. The summed E-state index contributed by atoms with van der Waals surface area (Å²) in [5.74, 6) is 0. The van der Waals surface area contributed by atoms with Crippen molar-refractivity contribution in [1.29, 1.82) is 0 Å². The van der Waals surface area contributed by atoms with Crippen LogP contribution in [0.15, 0.2) is 0 Å². The lowest BCUT2D eigenvalue weighted by atomic mass is 10.3. The van der Waals surface area contributed by atoms with Crippen LogP contribution in [0.1, 0.15) is 0 Å². The first-order valence-electron chi connectivity index (χ1n) is 2.77. The van der Waals surface area contributed by atoms with Crippen molar-refractivity contribution >= 4 is 27.4 Å². The van der Waals surface area contributed by atoms with Crippen molar-refractivity contribution in [3.8, 4) is 0 Å². The van der Waals surface area contributed by atoms with Crippen LogP contribution in [0.5, 0.6) is 0 Å². The summed E-state index contributed by atoms with van der Waals surface area (Å²) in [5, 5.41) is -0.338. The molecule has 1 aliphatic rings. The number of rotatable bonds is 2. The van der Waals surface area contributed by atoms with Crippen LogP contribution in [0.3, 0.4) is 0 Å². The quantitative estimate of drug-likeness (QED) is 0.412. The van der Waals surface area contributed by atoms with Gasteiger partial charge in [-0.05, 0) is 0 Å². The fourth-order valence-electron chi connectivity index (χ4n) is 0.762. The predicted octanol–water partition coefficient (Wildman–Crippen LogP) is -1.54. The Kier molecular flexibility index (Phi) is 2.35. The lowest BCUT2D eigenvalue weighted by Gasteiger charge is -2.34. The van der Waals surface area contributed by atoms with Crippen molar-refractivity contribution in [2.75, 3.05) is 13.1 Å². The highest BCUT2D eigenvalue weighted by molar-refractivity contribution is 7.91. The molecule has 0 aromatic heterocycles. The summed E-state index contributed by atoms with van der Waals surface area (Å²) in [7, 11) is 4.00. The molecule has 1 aliphatic heterocycles. The molecule has 1 N–H and O–H groups in total. The number of hydrogen-bond donors (Lipinski definition) is 1. The average Bonchev–Trinajstić information content (AvgIpc) is 1.81. The third-order valence-electron chi connectivity index (χ3n) is 1.48. The van der Waals surface area contributed by atoms with Crippen LogP contribution < -0.4 is 4.63 Å². The van der Waals surface area contributed by atoms with E-state index in [-0.39, 0.29) is 5.25 Å². The Morgan fingerprint density at radius 3 is 2.40 bits per heavy atom. The number of nitrogens with zero attached hydrogens (tertiary/aromatic N) is 1. The highest BCUT2D eigenvalue weighted by Gasteiger charge is 2.33. The standard InChI is InChI=1S/C3H8BN2O2PS/c4-5-10(7,8)3-1-6(9)2-3/h3,5H,1-2,9H2. The van der Waals surface area contributed by atoms with E-state index in [1.807, 2.05) is 4.67 Å². The highest BCUT2D eigenvalue weighted by Crippen LogP contribution is 2.17. The molecule has 0 aliphatic carbocycles. The Balaban J connectivity index is 2.53. The molecule has 0 amide bonds. The zero-order chi connectivity index (χ0) is 7.78. The molecule has 2 radical (unpaired) electrons. The third kappa shape index (κ3) is 1.50. The predicted molar refractivity (Wildman–Crippen MR) is 42.9 cm³/mol. The Morgan fingerprint density at radius 2 is 2.10 bits per heavy atom. The van der Waals surface area contributed by atoms with Crippen molar-refractivity contribution in [1.82, 2.24) is 9.30 Å². The van der Waals surface area contributed by atoms with Gasteiger partial charge in [-0.1, -0.05) is 9.39 Å². The van der Waals surface area contributed by atoms with Crippen molar-refractivity contribution in [3.63, 3.8) is 0 Å². The van der Waals surface area contributed by atoms with E-state index in [9.17, 15) is 8.42 Å². The second-order valence-electron chi connectivity index (χ2n) is 2.24. The largest absolute Gasteiger partial charge is 0.285 e. The minimum atomic E-state index is -3.22.